The van der Waals surface area contributed by atoms with Crippen molar-refractivity contribution in [3.63, 3.8) is 0 Å². The largest absolute Gasteiger partial charge is 0.355 e. The van der Waals surface area contributed by atoms with Crippen LogP contribution in [-0.2, 0) is 11.3 Å². The summed E-state index contributed by atoms with van der Waals surface area (Å²) in [7, 11) is 0. The number of aromatic nitrogens is 1. The molecule has 0 radical (unpaired) electrons. The predicted octanol–water partition coefficient (Wildman–Crippen LogP) is 3.38. The highest BCUT2D eigenvalue weighted by atomic mass is 32.2. The highest BCUT2D eigenvalue weighted by Crippen LogP contribution is 2.45. The minimum absolute atomic E-state index is 0.00263. The number of benzene rings is 1. The van der Waals surface area contributed by atoms with Crippen molar-refractivity contribution >= 4 is 28.6 Å². The van der Waals surface area contributed by atoms with Gasteiger partial charge in [-0.25, -0.2) is 0 Å². The number of amides is 1. The monoisotopic (exact) mass is 399 g/mol. The van der Waals surface area contributed by atoms with E-state index < -0.39 is 0 Å². The van der Waals surface area contributed by atoms with Gasteiger partial charge in [0.1, 0.15) is 0 Å². The Morgan fingerprint density at radius 1 is 1.36 bits per heavy atom. The van der Waals surface area contributed by atoms with E-state index in [9.17, 15) is 9.59 Å². The Bertz CT molecular complexity index is 935. The zero-order chi connectivity index (χ0) is 19.7. The molecule has 1 aliphatic carbocycles. The maximum Gasteiger partial charge on any atom is 0.252 e. The number of thioether (sulfide) groups is 1. The van der Waals surface area contributed by atoms with Gasteiger partial charge >= 0.3 is 0 Å². The molecule has 0 spiro atoms. The second-order valence-corrected chi connectivity index (χ2v) is 9.47. The minimum Gasteiger partial charge on any atom is -0.355 e. The summed E-state index contributed by atoms with van der Waals surface area (Å²) in [4.78, 5) is 31.3. The van der Waals surface area contributed by atoms with Crippen LogP contribution >= 0.6 is 11.8 Å². The maximum atomic E-state index is 12.6. The number of fused-ring (bicyclic) bond motifs is 1. The van der Waals surface area contributed by atoms with E-state index in [1.165, 1.54) is 0 Å². The number of carbonyl (C=O) groups is 1. The molecule has 6 heteroatoms. The Kier molecular flexibility index (Phi) is 5.52. The molecular weight excluding hydrogens is 370 g/mol. The van der Waals surface area contributed by atoms with Gasteiger partial charge in [-0.05, 0) is 68.0 Å². The number of hydrogen-bond donors (Lipinski definition) is 2. The van der Waals surface area contributed by atoms with Gasteiger partial charge in [0.25, 0.3) is 5.56 Å². The summed E-state index contributed by atoms with van der Waals surface area (Å²) in [5, 5.41) is 4.23. The number of nitrogens with one attached hydrogen (secondary N) is 2. The molecule has 1 atom stereocenters. The fraction of sp³-hybridized carbons (Fsp3) is 0.545. The smallest absolute Gasteiger partial charge is 0.252 e. The zero-order valence-corrected chi connectivity index (χ0v) is 17.5. The van der Waals surface area contributed by atoms with Gasteiger partial charge in [-0.2, -0.15) is 0 Å². The second kappa shape index (κ2) is 7.91. The first-order chi connectivity index (χ1) is 13.5. The number of pyridine rings is 1. The first-order valence-corrected chi connectivity index (χ1v) is 11.4. The van der Waals surface area contributed by atoms with Crippen molar-refractivity contribution < 1.29 is 4.79 Å². The minimum atomic E-state index is -0.108. The summed E-state index contributed by atoms with van der Waals surface area (Å²) in [6.45, 7) is 5.39. The maximum absolute atomic E-state index is 12.6. The number of nitrogens with zero attached hydrogens (tertiary/aromatic N) is 1. The third kappa shape index (κ3) is 4.28. The standard InChI is InChI=1S/C22H29N3O2S/c1-22(7-8-22)21(27)23-12-15-4-3-9-25(13-15)14-17-10-16-5-6-18(28-2)11-19(16)24-20(17)26/h5-6,10-11,15H,3-4,7-9,12-14H2,1-2H3,(H,23,27)(H,24,26). The number of carbonyl (C=O) groups excluding carboxylic acids is 1. The van der Waals surface area contributed by atoms with E-state index in [2.05, 4.69) is 27.3 Å². The molecule has 1 aromatic heterocycles. The van der Waals surface area contributed by atoms with Crippen LogP contribution in [0.4, 0.5) is 0 Å². The molecule has 2 heterocycles. The first-order valence-electron chi connectivity index (χ1n) is 10.2. The Hall–Kier alpha value is -1.79. The van der Waals surface area contributed by atoms with Gasteiger partial charge in [-0.3, -0.25) is 14.5 Å². The van der Waals surface area contributed by atoms with E-state index in [1.54, 1.807) is 11.8 Å². The summed E-state index contributed by atoms with van der Waals surface area (Å²) in [5.41, 5.74) is 1.61. The molecule has 2 N–H and O–H groups in total. The van der Waals surface area contributed by atoms with Crippen LogP contribution in [0.15, 0.2) is 34.0 Å². The van der Waals surface area contributed by atoms with E-state index >= 15 is 0 Å². The van der Waals surface area contributed by atoms with Crippen molar-refractivity contribution in [2.24, 2.45) is 11.3 Å². The Balaban J connectivity index is 1.40. The highest BCUT2D eigenvalue weighted by Gasteiger charge is 2.44. The molecule has 1 amide bonds. The second-order valence-electron chi connectivity index (χ2n) is 8.59. The van der Waals surface area contributed by atoms with Crippen LogP contribution in [0.3, 0.4) is 0 Å². The molecular formula is C22H29N3O2S. The number of hydrogen-bond acceptors (Lipinski definition) is 4. The molecule has 1 unspecified atom stereocenters. The van der Waals surface area contributed by atoms with E-state index in [0.717, 1.165) is 66.7 Å². The Morgan fingerprint density at radius 3 is 2.93 bits per heavy atom. The average molecular weight is 400 g/mol. The van der Waals surface area contributed by atoms with E-state index in [-0.39, 0.29) is 16.9 Å². The van der Waals surface area contributed by atoms with Gasteiger partial charge in [0.05, 0.1) is 0 Å². The number of piperidine rings is 1. The van der Waals surface area contributed by atoms with E-state index in [0.29, 0.717) is 12.5 Å². The van der Waals surface area contributed by atoms with Crippen LogP contribution in [-0.4, -0.2) is 41.7 Å². The van der Waals surface area contributed by atoms with Crippen molar-refractivity contribution in [2.45, 2.75) is 44.0 Å². The van der Waals surface area contributed by atoms with Crippen molar-refractivity contribution in [3.05, 3.63) is 40.2 Å². The number of rotatable bonds is 6. The van der Waals surface area contributed by atoms with Crippen molar-refractivity contribution in [1.82, 2.24) is 15.2 Å². The average Bonchev–Trinajstić information content (AvgIpc) is 3.45. The number of H-pyrrole nitrogens is 1. The summed E-state index contributed by atoms with van der Waals surface area (Å²) in [6, 6.07) is 8.23. The summed E-state index contributed by atoms with van der Waals surface area (Å²) in [6.07, 6.45) is 6.31. The van der Waals surface area contributed by atoms with Gasteiger partial charge in [0, 0.05) is 41.0 Å². The van der Waals surface area contributed by atoms with E-state index in [1.807, 2.05) is 25.3 Å². The molecule has 150 valence electrons. The molecule has 1 saturated heterocycles. The molecule has 0 bridgehead atoms. The van der Waals surface area contributed by atoms with Crippen molar-refractivity contribution in [3.8, 4) is 0 Å². The van der Waals surface area contributed by atoms with Gasteiger partial charge in [0.15, 0.2) is 0 Å². The van der Waals surface area contributed by atoms with Crippen molar-refractivity contribution in [1.29, 1.82) is 0 Å². The third-order valence-electron chi connectivity index (χ3n) is 6.23. The van der Waals surface area contributed by atoms with E-state index in [4.69, 9.17) is 0 Å². The summed E-state index contributed by atoms with van der Waals surface area (Å²) < 4.78 is 0. The SMILES string of the molecule is CSc1ccc2cc(CN3CCCC(CNC(=O)C4(C)CC4)C3)c(=O)[nH]c2c1. The predicted molar refractivity (Wildman–Crippen MR) is 115 cm³/mol. The summed E-state index contributed by atoms with van der Waals surface area (Å²) in [5.74, 6) is 0.670. The van der Waals surface area contributed by atoms with Crippen LogP contribution in [0, 0.1) is 11.3 Å². The molecule has 2 fully saturated rings. The molecule has 28 heavy (non-hydrogen) atoms. The molecule has 1 saturated carbocycles. The Morgan fingerprint density at radius 2 is 2.18 bits per heavy atom. The fourth-order valence-electron chi connectivity index (χ4n) is 4.04. The first kappa shape index (κ1) is 19.5. The van der Waals surface area contributed by atoms with Gasteiger partial charge in [-0.1, -0.05) is 13.0 Å². The fourth-order valence-corrected chi connectivity index (χ4v) is 4.48. The van der Waals surface area contributed by atoms with Crippen LogP contribution in [0.25, 0.3) is 10.9 Å². The van der Waals surface area contributed by atoms with Gasteiger partial charge in [-0.15, -0.1) is 11.8 Å². The van der Waals surface area contributed by atoms with Crippen LogP contribution in [0.2, 0.25) is 0 Å². The molecule has 5 nitrogen and oxygen atoms in total. The number of likely N-dealkylation sites (tertiary alicyclic amines) is 1. The topological polar surface area (TPSA) is 65.2 Å². The van der Waals surface area contributed by atoms with Crippen LogP contribution in [0.1, 0.15) is 38.2 Å². The zero-order valence-electron chi connectivity index (χ0n) is 16.7. The third-order valence-corrected chi connectivity index (χ3v) is 6.95. The normalized spacial score (nSPS) is 21.6. The lowest BCUT2D eigenvalue weighted by molar-refractivity contribution is -0.126. The lowest BCUT2D eigenvalue weighted by Crippen LogP contribution is -2.42. The molecule has 1 aromatic carbocycles. The summed E-state index contributed by atoms with van der Waals surface area (Å²) >= 11 is 1.67. The lowest BCUT2D eigenvalue weighted by atomic mass is 9.97. The van der Waals surface area contributed by atoms with Crippen LogP contribution in [0.5, 0.6) is 0 Å². The highest BCUT2D eigenvalue weighted by molar-refractivity contribution is 7.98. The lowest BCUT2D eigenvalue weighted by Gasteiger charge is -2.33. The van der Waals surface area contributed by atoms with Crippen molar-refractivity contribution in [2.75, 3.05) is 25.9 Å². The Labute approximate surface area is 170 Å². The quantitative estimate of drug-likeness (QED) is 0.731. The van der Waals surface area contributed by atoms with Gasteiger partial charge < -0.3 is 10.3 Å². The molecule has 1 aliphatic heterocycles. The molecule has 2 aromatic rings. The van der Waals surface area contributed by atoms with Gasteiger partial charge in [0.2, 0.25) is 5.91 Å². The van der Waals surface area contributed by atoms with Crippen LogP contribution < -0.4 is 10.9 Å². The number of aromatic amines is 1. The molecule has 4 rings (SSSR count). The molecule has 2 aliphatic rings.